The molecule has 2 aromatic carbocycles. The first-order valence-electron chi connectivity index (χ1n) is 8.87. The normalized spacial score (nSPS) is 11.6. The maximum atomic E-state index is 9.03. The van der Waals surface area contributed by atoms with Crippen LogP contribution in [0.4, 0.5) is 0 Å². The molecular formula is C21H27IN4O2. The van der Waals surface area contributed by atoms with Crippen LogP contribution in [0.2, 0.25) is 0 Å². The molecule has 0 saturated heterocycles. The van der Waals surface area contributed by atoms with E-state index >= 15 is 0 Å². The zero-order chi connectivity index (χ0) is 19.6. The van der Waals surface area contributed by atoms with Crippen molar-refractivity contribution < 1.29 is 9.47 Å². The van der Waals surface area contributed by atoms with Gasteiger partial charge in [0.1, 0.15) is 11.5 Å². The molecule has 0 fully saturated rings. The van der Waals surface area contributed by atoms with Crippen molar-refractivity contribution >= 4 is 29.9 Å². The zero-order valence-corrected chi connectivity index (χ0v) is 19.0. The van der Waals surface area contributed by atoms with Gasteiger partial charge in [-0.25, -0.2) is 4.99 Å². The van der Waals surface area contributed by atoms with Crippen LogP contribution >= 0.6 is 24.0 Å². The van der Waals surface area contributed by atoms with Crippen LogP contribution in [0.25, 0.3) is 0 Å². The van der Waals surface area contributed by atoms with Crippen molar-refractivity contribution in [3.05, 3.63) is 59.2 Å². The van der Waals surface area contributed by atoms with Crippen LogP contribution in [0, 0.1) is 11.3 Å². The molecule has 0 aliphatic rings. The van der Waals surface area contributed by atoms with Gasteiger partial charge in [-0.3, -0.25) is 0 Å². The summed E-state index contributed by atoms with van der Waals surface area (Å²) < 4.78 is 10.8. The van der Waals surface area contributed by atoms with E-state index in [9.17, 15) is 0 Å². The predicted molar refractivity (Wildman–Crippen MR) is 122 cm³/mol. The Morgan fingerprint density at radius 2 is 1.96 bits per heavy atom. The molecule has 0 aliphatic carbocycles. The first kappa shape index (κ1) is 23.6. The van der Waals surface area contributed by atoms with Gasteiger partial charge in [0.15, 0.2) is 5.96 Å². The number of ether oxygens (including phenoxy) is 2. The molecule has 0 saturated carbocycles. The molecule has 1 atom stereocenters. The van der Waals surface area contributed by atoms with Gasteiger partial charge < -0.3 is 20.1 Å². The molecule has 2 rings (SSSR count). The quantitative estimate of drug-likeness (QED) is 0.346. The van der Waals surface area contributed by atoms with Crippen molar-refractivity contribution in [2.75, 3.05) is 20.8 Å². The van der Waals surface area contributed by atoms with E-state index in [1.165, 1.54) is 0 Å². The van der Waals surface area contributed by atoms with Gasteiger partial charge in [0.25, 0.3) is 0 Å². The van der Waals surface area contributed by atoms with Crippen LogP contribution in [-0.2, 0) is 6.54 Å². The number of nitriles is 1. The van der Waals surface area contributed by atoms with Gasteiger partial charge in [0, 0.05) is 12.1 Å². The van der Waals surface area contributed by atoms with E-state index in [1.807, 2.05) is 50.2 Å². The Bertz CT molecular complexity index is 833. The summed E-state index contributed by atoms with van der Waals surface area (Å²) in [7, 11) is 3.30. The number of nitrogens with one attached hydrogen (secondary N) is 2. The number of methoxy groups -OCH3 is 2. The molecule has 28 heavy (non-hydrogen) atoms. The minimum Gasteiger partial charge on any atom is -0.497 e. The molecule has 0 spiro atoms. The third-order valence-corrected chi connectivity index (χ3v) is 4.08. The first-order chi connectivity index (χ1) is 13.1. The summed E-state index contributed by atoms with van der Waals surface area (Å²) >= 11 is 0. The smallest absolute Gasteiger partial charge is 0.192 e. The zero-order valence-electron chi connectivity index (χ0n) is 16.7. The lowest BCUT2D eigenvalue weighted by Crippen LogP contribution is -2.38. The average Bonchev–Trinajstić information content (AvgIpc) is 2.71. The van der Waals surface area contributed by atoms with E-state index in [2.05, 4.69) is 21.7 Å². The van der Waals surface area contributed by atoms with Crippen molar-refractivity contribution in [3.63, 3.8) is 0 Å². The van der Waals surface area contributed by atoms with Crippen LogP contribution in [0.5, 0.6) is 11.5 Å². The molecule has 0 amide bonds. The Labute approximate surface area is 184 Å². The lowest BCUT2D eigenvalue weighted by Gasteiger charge is -2.20. The van der Waals surface area contributed by atoms with Gasteiger partial charge in [0.05, 0.1) is 38.4 Å². The molecule has 6 nitrogen and oxygen atoms in total. The fraction of sp³-hybridized carbons (Fsp3) is 0.333. The summed E-state index contributed by atoms with van der Waals surface area (Å²) in [4.78, 5) is 4.64. The highest BCUT2D eigenvalue weighted by Gasteiger charge is 2.14. The molecule has 7 heteroatoms. The second-order valence-corrected chi connectivity index (χ2v) is 5.98. The van der Waals surface area contributed by atoms with Crippen molar-refractivity contribution in [3.8, 4) is 17.6 Å². The van der Waals surface area contributed by atoms with Crippen LogP contribution in [0.3, 0.4) is 0 Å². The number of aliphatic imine (C=N–C) groups is 1. The third-order valence-electron chi connectivity index (χ3n) is 4.08. The second-order valence-electron chi connectivity index (χ2n) is 5.98. The highest BCUT2D eigenvalue weighted by Crippen LogP contribution is 2.29. The van der Waals surface area contributed by atoms with Crippen LogP contribution in [0.1, 0.15) is 36.6 Å². The highest BCUT2D eigenvalue weighted by atomic mass is 127. The van der Waals surface area contributed by atoms with Crippen molar-refractivity contribution in [1.82, 2.24) is 10.6 Å². The minimum atomic E-state index is -0.0432. The number of hydrogen-bond acceptors (Lipinski definition) is 4. The lowest BCUT2D eigenvalue weighted by molar-refractivity contribution is 0.394. The maximum Gasteiger partial charge on any atom is 0.192 e. The molecule has 0 aromatic heterocycles. The summed E-state index contributed by atoms with van der Waals surface area (Å²) in [5, 5.41) is 15.7. The minimum absolute atomic E-state index is 0. The van der Waals surface area contributed by atoms with Gasteiger partial charge in [-0.2, -0.15) is 5.26 Å². The van der Waals surface area contributed by atoms with E-state index < -0.39 is 0 Å². The Hall–Kier alpha value is -2.47. The highest BCUT2D eigenvalue weighted by molar-refractivity contribution is 14.0. The molecule has 150 valence electrons. The number of benzene rings is 2. The van der Waals surface area contributed by atoms with Crippen molar-refractivity contribution in [1.29, 1.82) is 5.26 Å². The van der Waals surface area contributed by atoms with E-state index in [0.717, 1.165) is 29.2 Å². The Kier molecular flexibility index (Phi) is 10.2. The fourth-order valence-electron chi connectivity index (χ4n) is 2.69. The summed E-state index contributed by atoms with van der Waals surface area (Å²) in [5.74, 6) is 2.25. The SMILES string of the molecule is CCNC(=NCc1cccc(C#N)c1)NC(C)c1cc(OC)ccc1OC.I. The molecule has 0 bridgehead atoms. The van der Waals surface area contributed by atoms with Crippen LogP contribution in [-0.4, -0.2) is 26.7 Å². The third kappa shape index (κ3) is 6.60. The van der Waals surface area contributed by atoms with Gasteiger partial charge in [-0.05, 0) is 49.7 Å². The standard InChI is InChI=1S/C21H26N4O2.HI/c1-5-23-21(24-14-17-8-6-7-16(11-17)13-22)25-15(2)19-12-18(26-3)9-10-20(19)27-4;/h6-12,15H,5,14H2,1-4H3,(H2,23,24,25);1H. The van der Waals surface area contributed by atoms with E-state index in [-0.39, 0.29) is 30.0 Å². The van der Waals surface area contributed by atoms with Crippen molar-refractivity contribution in [2.24, 2.45) is 4.99 Å². The molecule has 2 N–H and O–H groups in total. The summed E-state index contributed by atoms with van der Waals surface area (Å²) in [6, 6.07) is 15.3. The first-order valence-corrected chi connectivity index (χ1v) is 8.87. The van der Waals surface area contributed by atoms with E-state index in [1.54, 1.807) is 20.3 Å². The monoisotopic (exact) mass is 494 g/mol. The summed E-state index contributed by atoms with van der Waals surface area (Å²) in [5.41, 5.74) is 2.60. The van der Waals surface area contributed by atoms with E-state index in [0.29, 0.717) is 18.1 Å². The van der Waals surface area contributed by atoms with Crippen LogP contribution < -0.4 is 20.1 Å². The number of rotatable bonds is 7. The Balaban J connectivity index is 0.00000392. The van der Waals surface area contributed by atoms with E-state index in [4.69, 9.17) is 14.7 Å². The topological polar surface area (TPSA) is 78.7 Å². The van der Waals surface area contributed by atoms with Gasteiger partial charge in [-0.15, -0.1) is 24.0 Å². The Morgan fingerprint density at radius 3 is 2.61 bits per heavy atom. The molecule has 0 radical (unpaired) electrons. The summed E-state index contributed by atoms with van der Waals surface area (Å²) in [6.07, 6.45) is 0. The van der Waals surface area contributed by atoms with Crippen LogP contribution in [0.15, 0.2) is 47.5 Å². The number of hydrogen-bond donors (Lipinski definition) is 2. The molecular weight excluding hydrogens is 467 g/mol. The van der Waals surface area contributed by atoms with Gasteiger partial charge in [-0.1, -0.05) is 12.1 Å². The molecule has 1 unspecified atom stereocenters. The largest absolute Gasteiger partial charge is 0.497 e. The van der Waals surface area contributed by atoms with Crippen molar-refractivity contribution in [2.45, 2.75) is 26.4 Å². The maximum absolute atomic E-state index is 9.03. The van der Waals surface area contributed by atoms with Gasteiger partial charge >= 0.3 is 0 Å². The summed E-state index contributed by atoms with van der Waals surface area (Å²) in [6.45, 7) is 5.28. The number of nitrogens with zero attached hydrogens (tertiary/aromatic N) is 2. The number of guanidine groups is 1. The molecule has 0 aliphatic heterocycles. The fourth-order valence-corrected chi connectivity index (χ4v) is 2.69. The molecule has 0 heterocycles. The predicted octanol–water partition coefficient (Wildman–Crippen LogP) is 4.01. The number of halogens is 1. The Morgan fingerprint density at radius 1 is 1.18 bits per heavy atom. The average molecular weight is 494 g/mol. The lowest BCUT2D eigenvalue weighted by atomic mass is 10.1. The second kappa shape index (κ2) is 12.1. The molecule has 2 aromatic rings. The van der Waals surface area contributed by atoms with Gasteiger partial charge in [0.2, 0.25) is 0 Å².